The molecule has 0 spiro atoms. The van der Waals surface area contributed by atoms with Crippen molar-refractivity contribution < 1.29 is 4.79 Å². The lowest BCUT2D eigenvalue weighted by Crippen LogP contribution is -2.35. The molecule has 0 aliphatic rings. The third kappa shape index (κ3) is 5.18. The Morgan fingerprint density at radius 1 is 1.09 bits per heavy atom. The number of hydrogen-bond acceptors (Lipinski definition) is 2. The molecule has 1 atom stereocenters. The van der Waals surface area contributed by atoms with Crippen LogP contribution in [-0.4, -0.2) is 11.0 Å². The standard InChI is InChI=1S/C19H22N2OS/c1-3-14(2)16-11-7-8-12-17(16)20-19(23)21-18(22)13-15-9-5-4-6-10-15/h4-12,14H,3,13H2,1-2H3,(H2,20,21,22,23). The van der Waals surface area contributed by atoms with E-state index in [1.165, 1.54) is 5.56 Å². The Morgan fingerprint density at radius 2 is 1.74 bits per heavy atom. The maximum absolute atomic E-state index is 12.0. The van der Waals surface area contributed by atoms with E-state index in [0.717, 1.165) is 17.7 Å². The van der Waals surface area contributed by atoms with Gasteiger partial charge in [-0.05, 0) is 41.7 Å². The average Bonchev–Trinajstić information content (AvgIpc) is 2.55. The van der Waals surface area contributed by atoms with Crippen LogP contribution in [0.25, 0.3) is 0 Å². The van der Waals surface area contributed by atoms with Gasteiger partial charge in [-0.15, -0.1) is 0 Å². The van der Waals surface area contributed by atoms with E-state index in [0.29, 0.717) is 17.5 Å². The van der Waals surface area contributed by atoms with E-state index in [2.05, 4.69) is 30.5 Å². The number of amides is 1. The molecule has 0 saturated heterocycles. The molecule has 0 saturated carbocycles. The third-order valence-corrected chi connectivity index (χ3v) is 4.02. The SMILES string of the molecule is CCC(C)c1ccccc1NC(=S)NC(=O)Cc1ccccc1. The van der Waals surface area contributed by atoms with Gasteiger partial charge in [-0.2, -0.15) is 0 Å². The molecule has 4 heteroatoms. The molecule has 3 nitrogen and oxygen atoms in total. The second-order valence-electron chi connectivity index (χ2n) is 5.56. The highest BCUT2D eigenvalue weighted by Gasteiger charge is 2.11. The van der Waals surface area contributed by atoms with Crippen LogP contribution in [0.5, 0.6) is 0 Å². The number of rotatable bonds is 5. The number of carbonyl (C=O) groups is 1. The summed E-state index contributed by atoms with van der Waals surface area (Å²) in [5.74, 6) is 0.316. The highest BCUT2D eigenvalue weighted by Crippen LogP contribution is 2.26. The predicted octanol–water partition coefficient (Wildman–Crippen LogP) is 4.26. The molecule has 2 rings (SSSR count). The van der Waals surface area contributed by atoms with Gasteiger partial charge in [-0.1, -0.05) is 62.4 Å². The van der Waals surface area contributed by atoms with E-state index in [4.69, 9.17) is 12.2 Å². The number of benzene rings is 2. The summed E-state index contributed by atoms with van der Waals surface area (Å²) < 4.78 is 0. The van der Waals surface area contributed by atoms with Crippen molar-refractivity contribution in [2.24, 2.45) is 0 Å². The first-order valence-corrected chi connectivity index (χ1v) is 8.24. The summed E-state index contributed by atoms with van der Waals surface area (Å²) in [7, 11) is 0. The van der Waals surface area contributed by atoms with Crippen LogP contribution in [-0.2, 0) is 11.2 Å². The van der Waals surface area contributed by atoms with Crippen LogP contribution in [0.2, 0.25) is 0 Å². The third-order valence-electron chi connectivity index (χ3n) is 3.81. The monoisotopic (exact) mass is 326 g/mol. The number of anilines is 1. The van der Waals surface area contributed by atoms with Crippen LogP contribution < -0.4 is 10.6 Å². The van der Waals surface area contributed by atoms with Gasteiger partial charge >= 0.3 is 0 Å². The van der Waals surface area contributed by atoms with Crippen molar-refractivity contribution in [3.8, 4) is 0 Å². The minimum absolute atomic E-state index is 0.116. The van der Waals surface area contributed by atoms with Crippen molar-refractivity contribution in [3.63, 3.8) is 0 Å². The van der Waals surface area contributed by atoms with E-state index in [9.17, 15) is 4.79 Å². The van der Waals surface area contributed by atoms with Crippen LogP contribution >= 0.6 is 12.2 Å². The molecule has 2 aromatic rings. The van der Waals surface area contributed by atoms with E-state index in [1.807, 2.05) is 48.5 Å². The fourth-order valence-electron chi connectivity index (χ4n) is 2.37. The minimum Gasteiger partial charge on any atom is -0.332 e. The lowest BCUT2D eigenvalue weighted by molar-refractivity contribution is -0.119. The molecule has 2 N–H and O–H groups in total. The molecule has 1 unspecified atom stereocenters. The van der Waals surface area contributed by atoms with Crippen molar-refractivity contribution in [3.05, 3.63) is 65.7 Å². The highest BCUT2D eigenvalue weighted by atomic mass is 32.1. The van der Waals surface area contributed by atoms with E-state index >= 15 is 0 Å². The first-order valence-electron chi connectivity index (χ1n) is 7.83. The van der Waals surface area contributed by atoms with Gasteiger partial charge in [0.1, 0.15) is 0 Å². The van der Waals surface area contributed by atoms with Gasteiger partial charge < -0.3 is 10.6 Å². The molecular formula is C19H22N2OS. The van der Waals surface area contributed by atoms with Crippen LogP contribution in [0, 0.1) is 0 Å². The number of hydrogen-bond donors (Lipinski definition) is 2. The Balaban J connectivity index is 1.96. The Labute approximate surface area is 143 Å². The van der Waals surface area contributed by atoms with Gasteiger partial charge in [0.25, 0.3) is 0 Å². The lowest BCUT2D eigenvalue weighted by atomic mass is 9.97. The summed E-state index contributed by atoms with van der Waals surface area (Å²) >= 11 is 5.27. The second-order valence-corrected chi connectivity index (χ2v) is 5.97. The Kier molecular flexibility index (Phi) is 6.29. The molecule has 0 aliphatic carbocycles. The van der Waals surface area contributed by atoms with Crippen LogP contribution in [0.3, 0.4) is 0 Å². The van der Waals surface area contributed by atoms with Gasteiger partial charge in [-0.3, -0.25) is 4.79 Å². The Bertz CT molecular complexity index is 670. The fraction of sp³-hybridized carbons (Fsp3) is 0.263. The summed E-state index contributed by atoms with van der Waals surface area (Å²) in [4.78, 5) is 12.0. The molecule has 0 bridgehead atoms. The first-order chi connectivity index (χ1) is 11.1. The summed E-state index contributed by atoms with van der Waals surface area (Å²) in [6.45, 7) is 4.33. The molecule has 120 valence electrons. The van der Waals surface area contributed by atoms with E-state index in [-0.39, 0.29) is 5.91 Å². The summed E-state index contributed by atoms with van der Waals surface area (Å²) in [6, 6.07) is 17.7. The van der Waals surface area contributed by atoms with Gasteiger partial charge in [0.05, 0.1) is 6.42 Å². The van der Waals surface area contributed by atoms with E-state index < -0.39 is 0 Å². The maximum atomic E-state index is 12.0. The van der Waals surface area contributed by atoms with Crippen LogP contribution in [0.1, 0.15) is 37.3 Å². The van der Waals surface area contributed by atoms with Gasteiger partial charge in [0.15, 0.2) is 5.11 Å². The number of carbonyl (C=O) groups excluding carboxylic acids is 1. The second kappa shape index (κ2) is 8.44. The lowest BCUT2D eigenvalue weighted by Gasteiger charge is -2.17. The van der Waals surface area contributed by atoms with Crippen molar-refractivity contribution >= 4 is 28.9 Å². The molecule has 0 heterocycles. The van der Waals surface area contributed by atoms with Crippen LogP contribution in [0.4, 0.5) is 5.69 Å². The summed E-state index contributed by atoms with van der Waals surface area (Å²) in [6.07, 6.45) is 1.36. The van der Waals surface area contributed by atoms with Crippen LogP contribution in [0.15, 0.2) is 54.6 Å². The fourth-order valence-corrected chi connectivity index (χ4v) is 2.59. The largest absolute Gasteiger partial charge is 0.332 e. The smallest absolute Gasteiger partial charge is 0.230 e. The normalized spacial score (nSPS) is 11.6. The van der Waals surface area contributed by atoms with Gasteiger partial charge in [-0.25, -0.2) is 0 Å². The van der Waals surface area contributed by atoms with E-state index in [1.54, 1.807) is 0 Å². The highest BCUT2D eigenvalue weighted by molar-refractivity contribution is 7.80. The summed E-state index contributed by atoms with van der Waals surface area (Å²) in [5.41, 5.74) is 3.12. The average molecular weight is 326 g/mol. The predicted molar refractivity (Wildman–Crippen MR) is 99.7 cm³/mol. The Morgan fingerprint density at radius 3 is 2.43 bits per heavy atom. The minimum atomic E-state index is -0.116. The molecule has 0 radical (unpaired) electrons. The quantitative estimate of drug-likeness (QED) is 0.807. The van der Waals surface area contributed by atoms with Gasteiger partial charge in [0.2, 0.25) is 5.91 Å². The molecule has 0 aromatic heterocycles. The van der Waals surface area contributed by atoms with Crippen molar-refractivity contribution in [1.82, 2.24) is 5.32 Å². The van der Waals surface area contributed by atoms with Crippen molar-refractivity contribution in [2.45, 2.75) is 32.6 Å². The molecule has 2 aromatic carbocycles. The zero-order valence-corrected chi connectivity index (χ0v) is 14.3. The first kappa shape index (κ1) is 17.2. The zero-order chi connectivity index (χ0) is 16.7. The summed E-state index contributed by atoms with van der Waals surface area (Å²) in [5, 5.41) is 6.22. The molecule has 23 heavy (non-hydrogen) atoms. The Hall–Kier alpha value is -2.20. The number of para-hydroxylation sites is 1. The van der Waals surface area contributed by atoms with Crippen molar-refractivity contribution in [2.75, 3.05) is 5.32 Å². The molecule has 0 aliphatic heterocycles. The molecule has 1 amide bonds. The molecular weight excluding hydrogens is 304 g/mol. The molecule has 0 fully saturated rings. The van der Waals surface area contributed by atoms with Gasteiger partial charge in [0, 0.05) is 5.69 Å². The maximum Gasteiger partial charge on any atom is 0.230 e. The zero-order valence-electron chi connectivity index (χ0n) is 13.5. The van der Waals surface area contributed by atoms with Crippen molar-refractivity contribution in [1.29, 1.82) is 0 Å². The topological polar surface area (TPSA) is 41.1 Å². The number of thiocarbonyl (C=S) groups is 1. The number of nitrogens with one attached hydrogen (secondary N) is 2.